The molecule has 0 fully saturated rings. The van der Waals surface area contributed by atoms with Crippen molar-refractivity contribution < 1.29 is 27.5 Å². The zero-order valence-electron chi connectivity index (χ0n) is 18.1. The maximum Gasteiger partial charge on any atom is 0.264 e. The lowest BCUT2D eigenvalue weighted by molar-refractivity contribution is -0.139. The van der Waals surface area contributed by atoms with E-state index in [-0.39, 0.29) is 29.7 Å². The van der Waals surface area contributed by atoms with Crippen LogP contribution in [0.3, 0.4) is 0 Å². The second-order valence-electron chi connectivity index (χ2n) is 7.82. The van der Waals surface area contributed by atoms with E-state index in [1.807, 2.05) is 6.92 Å². The van der Waals surface area contributed by atoms with Crippen molar-refractivity contribution in [1.29, 1.82) is 0 Å². The fourth-order valence-corrected chi connectivity index (χ4v) is 3.97. The molecule has 3 aromatic carbocycles. The number of hydrogen-bond acceptors (Lipinski definition) is 3. The summed E-state index contributed by atoms with van der Waals surface area (Å²) < 4.78 is 47.3. The first-order valence-corrected chi connectivity index (χ1v) is 10.9. The summed E-state index contributed by atoms with van der Waals surface area (Å²) in [6.45, 7) is 2.05. The van der Waals surface area contributed by atoms with E-state index in [4.69, 9.17) is 16.3 Å². The van der Waals surface area contributed by atoms with Crippen LogP contribution in [0.25, 0.3) is 0 Å². The third kappa shape index (κ3) is 4.87. The van der Waals surface area contributed by atoms with E-state index in [0.717, 1.165) is 12.1 Å². The first kappa shape index (κ1) is 23.6. The van der Waals surface area contributed by atoms with Gasteiger partial charge in [0.1, 0.15) is 28.8 Å². The summed E-state index contributed by atoms with van der Waals surface area (Å²) in [5.74, 6) is -3.20. The highest BCUT2D eigenvalue weighted by atomic mass is 35.5. The Labute approximate surface area is 199 Å². The van der Waals surface area contributed by atoms with E-state index in [2.05, 4.69) is 5.32 Å². The van der Waals surface area contributed by atoms with Crippen LogP contribution in [0.2, 0.25) is 5.02 Å². The Hall–Kier alpha value is -3.52. The van der Waals surface area contributed by atoms with Crippen molar-refractivity contribution in [3.63, 3.8) is 0 Å². The largest absolute Gasteiger partial charge is 0.480 e. The van der Waals surface area contributed by atoms with E-state index in [1.165, 1.54) is 35.2 Å². The molecule has 2 amide bonds. The summed E-state index contributed by atoms with van der Waals surface area (Å²) in [5.41, 5.74) is 0.725. The minimum atomic E-state index is -0.977. The van der Waals surface area contributed by atoms with E-state index in [0.29, 0.717) is 23.3 Å². The summed E-state index contributed by atoms with van der Waals surface area (Å²) in [6.07, 6.45) is -0.329. The van der Waals surface area contributed by atoms with E-state index in [9.17, 15) is 22.8 Å². The molecule has 4 rings (SSSR count). The van der Waals surface area contributed by atoms with Gasteiger partial charge in [-0.3, -0.25) is 9.59 Å². The second kappa shape index (κ2) is 9.77. The molecule has 176 valence electrons. The topological polar surface area (TPSA) is 58.6 Å². The average Bonchev–Trinajstić information content (AvgIpc) is 2.91. The zero-order valence-corrected chi connectivity index (χ0v) is 18.8. The molecule has 9 heteroatoms. The molecule has 0 radical (unpaired) electrons. The predicted octanol–water partition coefficient (Wildman–Crippen LogP) is 5.71. The molecule has 1 N–H and O–H groups in total. The van der Waals surface area contributed by atoms with Crippen molar-refractivity contribution in [2.75, 3.05) is 5.32 Å². The number of rotatable bonds is 5. The number of benzene rings is 3. The molecule has 1 aliphatic rings. The fraction of sp³-hybridized carbons (Fsp3) is 0.200. The van der Waals surface area contributed by atoms with Crippen LogP contribution in [-0.2, 0) is 17.9 Å². The van der Waals surface area contributed by atoms with Crippen molar-refractivity contribution in [1.82, 2.24) is 4.90 Å². The quantitative estimate of drug-likeness (QED) is 0.500. The number of amides is 2. The Morgan fingerprint density at radius 3 is 2.53 bits per heavy atom. The van der Waals surface area contributed by atoms with Gasteiger partial charge in [-0.1, -0.05) is 30.7 Å². The Morgan fingerprint density at radius 1 is 1.12 bits per heavy atom. The first-order valence-electron chi connectivity index (χ1n) is 10.5. The Balaban J connectivity index is 1.62. The van der Waals surface area contributed by atoms with Crippen molar-refractivity contribution in [3.8, 4) is 5.75 Å². The maximum absolute atomic E-state index is 14.0. The van der Waals surface area contributed by atoms with Crippen LogP contribution in [-0.4, -0.2) is 22.8 Å². The summed E-state index contributed by atoms with van der Waals surface area (Å²) in [7, 11) is 0. The molecule has 0 saturated carbocycles. The van der Waals surface area contributed by atoms with E-state index in [1.54, 1.807) is 12.1 Å². The third-order valence-corrected chi connectivity index (χ3v) is 5.82. The number of fused-ring (bicyclic) bond motifs is 1. The van der Waals surface area contributed by atoms with Crippen LogP contribution in [0.5, 0.6) is 5.75 Å². The molecule has 3 aromatic rings. The molecule has 1 atom stereocenters. The van der Waals surface area contributed by atoms with Crippen LogP contribution in [0.1, 0.15) is 34.8 Å². The summed E-state index contributed by atoms with van der Waals surface area (Å²) >= 11 is 6.16. The molecule has 0 spiro atoms. The van der Waals surface area contributed by atoms with Gasteiger partial charge in [0.2, 0.25) is 0 Å². The van der Waals surface area contributed by atoms with Gasteiger partial charge in [-0.05, 0) is 54.4 Å². The van der Waals surface area contributed by atoms with Crippen molar-refractivity contribution >= 4 is 29.1 Å². The smallest absolute Gasteiger partial charge is 0.264 e. The van der Waals surface area contributed by atoms with Gasteiger partial charge in [-0.2, -0.15) is 0 Å². The minimum Gasteiger partial charge on any atom is -0.480 e. The number of carbonyl (C=O) groups excluding carboxylic acids is 2. The van der Waals surface area contributed by atoms with Crippen LogP contribution < -0.4 is 10.1 Å². The summed E-state index contributed by atoms with van der Waals surface area (Å²) in [5, 5.41) is 2.68. The monoisotopic (exact) mass is 488 g/mol. The van der Waals surface area contributed by atoms with Gasteiger partial charge in [0.25, 0.3) is 11.8 Å². The molecule has 34 heavy (non-hydrogen) atoms. The SMILES string of the molecule is CC[C@H]1Oc2ccc(NC(=O)c3c(F)cccc3F)cc2CN(Cc2ccc(F)cc2Cl)C1=O. The molecular weight excluding hydrogens is 469 g/mol. The maximum atomic E-state index is 14.0. The Kier molecular flexibility index (Phi) is 6.79. The lowest BCUT2D eigenvalue weighted by Gasteiger charge is -2.23. The molecule has 0 aromatic heterocycles. The molecule has 0 saturated heterocycles. The van der Waals surface area contributed by atoms with Crippen LogP contribution >= 0.6 is 11.6 Å². The highest BCUT2D eigenvalue weighted by molar-refractivity contribution is 6.31. The number of halogens is 4. The number of anilines is 1. The minimum absolute atomic E-state index is 0.119. The second-order valence-corrected chi connectivity index (χ2v) is 8.23. The summed E-state index contributed by atoms with van der Waals surface area (Å²) in [6, 6.07) is 11.8. The van der Waals surface area contributed by atoms with E-state index >= 15 is 0 Å². The number of ether oxygens (including phenoxy) is 1. The van der Waals surface area contributed by atoms with Gasteiger partial charge >= 0.3 is 0 Å². The number of nitrogens with zero attached hydrogens (tertiary/aromatic N) is 1. The standard InChI is InChI=1S/C25H20ClF3N2O3/c1-2-21-25(33)31(12-14-6-7-16(27)11-18(14)26)13-15-10-17(8-9-22(15)34-21)30-24(32)23-19(28)4-3-5-20(23)29/h3-11,21H,2,12-13H2,1H3,(H,30,32)/t21-/m1/s1. The van der Waals surface area contributed by atoms with Gasteiger partial charge in [0.05, 0.1) is 0 Å². The summed E-state index contributed by atoms with van der Waals surface area (Å²) in [4.78, 5) is 27.1. The van der Waals surface area contributed by atoms with Crippen molar-refractivity contribution in [3.05, 3.63) is 93.8 Å². The average molecular weight is 489 g/mol. The number of nitrogens with one attached hydrogen (secondary N) is 1. The van der Waals surface area contributed by atoms with Gasteiger partial charge in [-0.25, -0.2) is 13.2 Å². The molecule has 0 aliphatic carbocycles. The zero-order chi connectivity index (χ0) is 24.4. The normalized spacial score (nSPS) is 15.4. The van der Waals surface area contributed by atoms with Crippen LogP contribution in [0, 0.1) is 17.5 Å². The Bertz CT molecular complexity index is 1250. The van der Waals surface area contributed by atoms with Crippen LogP contribution in [0.4, 0.5) is 18.9 Å². The highest BCUT2D eigenvalue weighted by Crippen LogP contribution is 2.31. The van der Waals surface area contributed by atoms with Gasteiger partial charge < -0.3 is 15.0 Å². The number of hydrogen-bond donors (Lipinski definition) is 1. The van der Waals surface area contributed by atoms with Gasteiger partial charge in [0.15, 0.2) is 6.10 Å². The molecule has 0 bridgehead atoms. The van der Waals surface area contributed by atoms with Crippen LogP contribution in [0.15, 0.2) is 54.6 Å². The predicted molar refractivity (Wildman–Crippen MR) is 121 cm³/mol. The number of carbonyl (C=O) groups is 2. The van der Waals surface area contributed by atoms with Crippen molar-refractivity contribution in [2.24, 2.45) is 0 Å². The molecule has 0 unspecified atom stereocenters. The third-order valence-electron chi connectivity index (χ3n) is 5.47. The van der Waals surface area contributed by atoms with E-state index < -0.39 is 35.0 Å². The van der Waals surface area contributed by atoms with Crippen molar-refractivity contribution in [2.45, 2.75) is 32.5 Å². The first-order chi connectivity index (χ1) is 16.3. The lowest BCUT2D eigenvalue weighted by Crippen LogP contribution is -2.38. The van der Waals surface area contributed by atoms with Gasteiger partial charge in [0, 0.05) is 29.4 Å². The van der Waals surface area contributed by atoms with Gasteiger partial charge in [-0.15, -0.1) is 0 Å². The molecule has 5 nitrogen and oxygen atoms in total. The molecule has 1 aliphatic heterocycles. The molecule has 1 heterocycles. The highest BCUT2D eigenvalue weighted by Gasteiger charge is 2.30. The Morgan fingerprint density at radius 2 is 1.85 bits per heavy atom. The fourth-order valence-electron chi connectivity index (χ4n) is 3.74. The molecular formula is C25H20ClF3N2O3. The lowest BCUT2D eigenvalue weighted by atomic mass is 10.1.